The highest BCUT2D eigenvalue weighted by Crippen LogP contribution is 2.40. The van der Waals surface area contributed by atoms with Gasteiger partial charge in [0.15, 0.2) is 0 Å². The van der Waals surface area contributed by atoms with E-state index in [1.807, 2.05) is 7.11 Å². The van der Waals surface area contributed by atoms with Gasteiger partial charge in [0.1, 0.15) is 5.60 Å². The van der Waals surface area contributed by atoms with Crippen molar-refractivity contribution in [3.05, 3.63) is 71.8 Å². The van der Waals surface area contributed by atoms with Crippen molar-refractivity contribution in [3.63, 3.8) is 0 Å². The normalized spacial score (nSPS) is 15.8. The fourth-order valence-electron chi connectivity index (χ4n) is 4.09. The van der Waals surface area contributed by atoms with Crippen molar-refractivity contribution < 1.29 is 4.74 Å². The number of halogens is 1. The third-order valence-corrected chi connectivity index (χ3v) is 5.83. The molecule has 1 aliphatic rings. The molecule has 1 atom stereocenters. The summed E-state index contributed by atoms with van der Waals surface area (Å²) in [5, 5.41) is 3.68. The van der Waals surface area contributed by atoms with Crippen molar-refractivity contribution in [3.8, 4) is 0 Å². The SMILES string of the molecule is COC(c1ccccc1)(c1ccccc1)C(C)CNCCC1CCC1.Cl. The van der Waals surface area contributed by atoms with Gasteiger partial charge in [-0.1, -0.05) is 86.8 Å². The molecular formula is C23H32ClNO. The van der Waals surface area contributed by atoms with Crippen LogP contribution in [0.5, 0.6) is 0 Å². The lowest BCUT2D eigenvalue weighted by Crippen LogP contribution is -2.42. The largest absolute Gasteiger partial charge is 0.368 e. The first-order valence-electron chi connectivity index (χ1n) is 9.64. The molecule has 3 heteroatoms. The minimum atomic E-state index is -0.425. The van der Waals surface area contributed by atoms with Crippen LogP contribution in [0.3, 0.4) is 0 Å². The average molecular weight is 374 g/mol. The van der Waals surface area contributed by atoms with Gasteiger partial charge in [-0.2, -0.15) is 0 Å². The Balaban J connectivity index is 0.00000243. The van der Waals surface area contributed by atoms with E-state index in [-0.39, 0.29) is 12.4 Å². The van der Waals surface area contributed by atoms with Crippen LogP contribution in [-0.4, -0.2) is 20.2 Å². The number of hydrogen-bond donors (Lipinski definition) is 1. The van der Waals surface area contributed by atoms with Crippen molar-refractivity contribution in [1.82, 2.24) is 5.32 Å². The van der Waals surface area contributed by atoms with Gasteiger partial charge < -0.3 is 10.1 Å². The Morgan fingerprint density at radius 1 is 1.00 bits per heavy atom. The summed E-state index contributed by atoms with van der Waals surface area (Å²) in [5.41, 5.74) is 2.01. The van der Waals surface area contributed by atoms with E-state index in [0.717, 1.165) is 19.0 Å². The molecule has 26 heavy (non-hydrogen) atoms. The monoisotopic (exact) mass is 373 g/mol. The first-order valence-corrected chi connectivity index (χ1v) is 9.64. The summed E-state index contributed by atoms with van der Waals surface area (Å²) in [4.78, 5) is 0. The standard InChI is InChI=1S/C23H31NO.ClH/c1-19(18-24-17-16-20-10-9-11-20)23(25-2,21-12-5-3-6-13-21)22-14-7-4-8-15-22;/h3-8,12-15,19-20,24H,9-11,16-18H2,1-2H3;1H. The van der Waals surface area contributed by atoms with Gasteiger partial charge in [0.05, 0.1) is 0 Å². The number of ether oxygens (including phenoxy) is 1. The Hall–Kier alpha value is -1.35. The molecule has 0 radical (unpaired) electrons. The molecule has 0 aromatic heterocycles. The first kappa shape index (κ1) is 21.0. The highest BCUT2D eigenvalue weighted by Gasteiger charge is 2.39. The number of rotatable bonds is 9. The quantitative estimate of drug-likeness (QED) is 0.593. The number of methoxy groups -OCH3 is 1. The van der Waals surface area contributed by atoms with Crippen molar-refractivity contribution >= 4 is 12.4 Å². The molecule has 1 unspecified atom stereocenters. The van der Waals surface area contributed by atoms with E-state index in [2.05, 4.69) is 72.9 Å². The Bertz CT molecular complexity index is 588. The summed E-state index contributed by atoms with van der Waals surface area (Å²) in [6.07, 6.45) is 5.58. The molecule has 2 nitrogen and oxygen atoms in total. The van der Waals surface area contributed by atoms with Crippen LogP contribution in [-0.2, 0) is 10.3 Å². The highest BCUT2D eigenvalue weighted by molar-refractivity contribution is 5.85. The summed E-state index contributed by atoms with van der Waals surface area (Å²) >= 11 is 0. The van der Waals surface area contributed by atoms with Crippen molar-refractivity contribution in [1.29, 1.82) is 0 Å². The van der Waals surface area contributed by atoms with E-state index in [1.165, 1.54) is 36.8 Å². The topological polar surface area (TPSA) is 21.3 Å². The number of nitrogens with one attached hydrogen (secondary N) is 1. The van der Waals surface area contributed by atoms with Crippen LogP contribution < -0.4 is 5.32 Å². The molecular weight excluding hydrogens is 342 g/mol. The van der Waals surface area contributed by atoms with Crippen molar-refractivity contribution in [2.75, 3.05) is 20.2 Å². The van der Waals surface area contributed by atoms with Gasteiger partial charge in [0, 0.05) is 19.6 Å². The van der Waals surface area contributed by atoms with Crippen molar-refractivity contribution in [2.24, 2.45) is 11.8 Å². The zero-order chi connectivity index (χ0) is 17.5. The second kappa shape index (κ2) is 10.1. The molecule has 1 fully saturated rings. The summed E-state index contributed by atoms with van der Waals surface area (Å²) in [6.45, 7) is 4.35. The maximum Gasteiger partial charge on any atom is 0.121 e. The lowest BCUT2D eigenvalue weighted by molar-refractivity contribution is -0.0231. The van der Waals surface area contributed by atoms with Gasteiger partial charge in [-0.15, -0.1) is 12.4 Å². The van der Waals surface area contributed by atoms with Gasteiger partial charge in [0.25, 0.3) is 0 Å². The van der Waals surface area contributed by atoms with Crippen LogP contribution in [0, 0.1) is 11.8 Å². The molecule has 0 aliphatic heterocycles. The van der Waals surface area contributed by atoms with Gasteiger partial charge in [-0.3, -0.25) is 0 Å². The molecule has 0 saturated heterocycles. The minimum absolute atomic E-state index is 0. The molecule has 1 N–H and O–H groups in total. The molecule has 142 valence electrons. The predicted molar refractivity (Wildman–Crippen MR) is 112 cm³/mol. The predicted octanol–water partition coefficient (Wildman–Crippen LogP) is 5.41. The molecule has 1 saturated carbocycles. The Morgan fingerprint density at radius 2 is 1.54 bits per heavy atom. The maximum atomic E-state index is 6.24. The summed E-state index contributed by atoms with van der Waals surface area (Å²) in [7, 11) is 1.84. The number of benzene rings is 2. The van der Waals surface area contributed by atoms with E-state index >= 15 is 0 Å². The van der Waals surface area contributed by atoms with Gasteiger partial charge in [-0.25, -0.2) is 0 Å². The fourth-order valence-corrected chi connectivity index (χ4v) is 4.09. The summed E-state index contributed by atoms with van der Waals surface area (Å²) < 4.78 is 6.24. The molecule has 3 rings (SSSR count). The Kier molecular flexibility index (Phi) is 8.15. The first-order chi connectivity index (χ1) is 12.3. The third-order valence-electron chi connectivity index (χ3n) is 5.83. The lowest BCUT2D eigenvalue weighted by atomic mass is 9.76. The number of hydrogen-bond acceptors (Lipinski definition) is 2. The highest BCUT2D eigenvalue weighted by atomic mass is 35.5. The van der Waals surface area contributed by atoms with Crippen LogP contribution in [0.2, 0.25) is 0 Å². The molecule has 0 spiro atoms. The van der Waals surface area contributed by atoms with E-state index in [0.29, 0.717) is 5.92 Å². The van der Waals surface area contributed by atoms with E-state index in [1.54, 1.807) is 0 Å². The zero-order valence-corrected chi connectivity index (χ0v) is 16.8. The second-order valence-corrected chi connectivity index (χ2v) is 7.36. The molecule has 0 bridgehead atoms. The molecule has 0 amide bonds. The Labute approximate surface area is 164 Å². The van der Waals surface area contributed by atoms with Crippen LogP contribution in [0.4, 0.5) is 0 Å². The summed E-state index contributed by atoms with van der Waals surface area (Å²) in [5.74, 6) is 1.28. The van der Waals surface area contributed by atoms with Gasteiger partial charge in [-0.05, 0) is 30.0 Å². The maximum absolute atomic E-state index is 6.24. The van der Waals surface area contributed by atoms with Crippen molar-refractivity contribution in [2.45, 2.75) is 38.2 Å². The minimum Gasteiger partial charge on any atom is -0.368 e. The van der Waals surface area contributed by atoms with E-state index in [4.69, 9.17) is 4.74 Å². The summed E-state index contributed by atoms with van der Waals surface area (Å²) in [6, 6.07) is 21.3. The van der Waals surface area contributed by atoms with Crippen LogP contribution in [0.1, 0.15) is 43.7 Å². The zero-order valence-electron chi connectivity index (χ0n) is 16.0. The lowest BCUT2D eigenvalue weighted by Gasteiger charge is -2.39. The van der Waals surface area contributed by atoms with Crippen LogP contribution in [0.25, 0.3) is 0 Å². The average Bonchev–Trinajstić information content (AvgIpc) is 2.63. The van der Waals surface area contributed by atoms with E-state index in [9.17, 15) is 0 Å². The molecule has 0 heterocycles. The second-order valence-electron chi connectivity index (χ2n) is 7.36. The van der Waals surface area contributed by atoms with Crippen LogP contribution >= 0.6 is 12.4 Å². The molecule has 1 aliphatic carbocycles. The smallest absolute Gasteiger partial charge is 0.121 e. The van der Waals surface area contributed by atoms with Crippen LogP contribution in [0.15, 0.2) is 60.7 Å². The fraction of sp³-hybridized carbons (Fsp3) is 0.478. The molecule has 2 aromatic carbocycles. The molecule has 2 aromatic rings. The Morgan fingerprint density at radius 3 is 1.96 bits per heavy atom. The third kappa shape index (κ3) is 4.49. The van der Waals surface area contributed by atoms with Gasteiger partial charge in [0.2, 0.25) is 0 Å². The van der Waals surface area contributed by atoms with E-state index < -0.39 is 5.60 Å². The van der Waals surface area contributed by atoms with Gasteiger partial charge >= 0.3 is 0 Å².